The molecule has 1 aromatic carbocycles. The predicted octanol–water partition coefficient (Wildman–Crippen LogP) is 4.05. The van der Waals surface area contributed by atoms with Crippen LogP contribution in [0.2, 0.25) is 0 Å². The molecule has 0 spiro atoms. The van der Waals surface area contributed by atoms with Crippen LogP contribution in [0.1, 0.15) is 25.7 Å². The lowest BCUT2D eigenvalue weighted by molar-refractivity contribution is -0.137. The topological polar surface area (TPSA) is 124 Å². The third-order valence-electron chi connectivity index (χ3n) is 3.47. The Morgan fingerprint density at radius 1 is 1.23 bits per heavy atom. The van der Waals surface area contributed by atoms with Gasteiger partial charge in [-0.3, -0.25) is 13.8 Å². The number of carbonyl (C=O) groups is 1. The third-order valence-corrected chi connectivity index (χ3v) is 5.38. The number of fused-ring (bicyclic) bond motifs is 1. The molecule has 0 bridgehead atoms. The molecule has 26 heavy (non-hydrogen) atoms. The number of halogens is 1. The number of H-pyrrole nitrogens is 1. The van der Waals surface area contributed by atoms with E-state index >= 15 is 0 Å². The van der Waals surface area contributed by atoms with Gasteiger partial charge in [-0.15, -0.1) is 0 Å². The van der Waals surface area contributed by atoms with Gasteiger partial charge in [-0.1, -0.05) is 22.4 Å². The molecule has 8 nitrogen and oxygen atoms in total. The Hall–Kier alpha value is -1.38. The average Bonchev–Trinajstić information content (AvgIpc) is 2.98. The minimum Gasteiger partial charge on any atom is -0.481 e. The van der Waals surface area contributed by atoms with Crippen LogP contribution in [-0.4, -0.2) is 35.8 Å². The molecule has 1 atom stereocenters. The zero-order valence-electron chi connectivity index (χ0n) is 14.2. The van der Waals surface area contributed by atoms with Crippen molar-refractivity contribution < 1.29 is 28.0 Å². The summed E-state index contributed by atoms with van der Waals surface area (Å²) < 4.78 is 29.9. The molecular formula is C16H22BrN2O6P. The van der Waals surface area contributed by atoms with Gasteiger partial charge in [-0.05, 0) is 31.0 Å². The van der Waals surface area contributed by atoms with E-state index in [0.717, 1.165) is 15.4 Å². The maximum absolute atomic E-state index is 12.9. The molecule has 1 unspecified atom stereocenters. The van der Waals surface area contributed by atoms with E-state index in [0.29, 0.717) is 25.0 Å². The lowest BCUT2D eigenvalue weighted by Gasteiger charge is -2.18. The number of nitrogens with one attached hydrogen (secondary N) is 1. The van der Waals surface area contributed by atoms with Gasteiger partial charge in [-0.25, -0.2) is 4.57 Å². The van der Waals surface area contributed by atoms with Crippen molar-refractivity contribution in [1.29, 1.82) is 0 Å². The highest BCUT2D eigenvalue weighted by Gasteiger charge is 2.29. The Labute approximate surface area is 159 Å². The molecule has 10 heteroatoms. The number of aromatic amines is 1. The first-order valence-corrected chi connectivity index (χ1v) is 10.5. The minimum absolute atomic E-state index is 0.0301. The van der Waals surface area contributed by atoms with Crippen molar-refractivity contribution in [3.63, 3.8) is 0 Å². The Bertz CT molecular complexity index is 781. The van der Waals surface area contributed by atoms with Crippen LogP contribution in [0.4, 0.5) is 0 Å². The van der Waals surface area contributed by atoms with Crippen LogP contribution in [-0.2, 0) is 18.4 Å². The van der Waals surface area contributed by atoms with E-state index in [-0.39, 0.29) is 26.2 Å². The standard InChI is InChI=1S/C16H22BrN2O6P/c17-12-5-6-14-13(10-12)15(11-19-14)25-26(22,24-9-7-18)23-8-3-1-2-4-16(20)21/h5-6,10-11,19H,1-4,7-9,18H2,(H,20,21). The van der Waals surface area contributed by atoms with E-state index in [9.17, 15) is 9.36 Å². The Morgan fingerprint density at radius 2 is 2.00 bits per heavy atom. The molecule has 2 rings (SSSR count). The van der Waals surface area contributed by atoms with Crippen LogP contribution < -0.4 is 10.3 Å². The first kappa shape index (κ1) is 20.9. The highest BCUT2D eigenvalue weighted by molar-refractivity contribution is 9.10. The Morgan fingerprint density at radius 3 is 2.73 bits per heavy atom. The average molecular weight is 449 g/mol. The van der Waals surface area contributed by atoms with Crippen LogP contribution in [0, 0.1) is 0 Å². The van der Waals surface area contributed by atoms with Crippen molar-refractivity contribution in [3.8, 4) is 5.75 Å². The van der Waals surface area contributed by atoms with E-state index in [1.54, 1.807) is 6.20 Å². The SMILES string of the molecule is NCCOP(=O)(OCCCCCC(=O)O)Oc1c[nH]c2ccc(Br)cc12. The zero-order chi connectivity index (χ0) is 19.0. The molecule has 0 aliphatic heterocycles. The molecule has 0 aliphatic rings. The minimum atomic E-state index is -3.84. The molecule has 0 radical (unpaired) electrons. The van der Waals surface area contributed by atoms with Gasteiger partial charge >= 0.3 is 13.8 Å². The van der Waals surface area contributed by atoms with Gasteiger partial charge in [-0.2, -0.15) is 0 Å². The van der Waals surface area contributed by atoms with Gasteiger partial charge in [0.2, 0.25) is 0 Å². The summed E-state index contributed by atoms with van der Waals surface area (Å²) in [7, 11) is -3.84. The van der Waals surface area contributed by atoms with Crippen LogP contribution in [0.3, 0.4) is 0 Å². The van der Waals surface area contributed by atoms with Gasteiger partial charge < -0.3 is 20.3 Å². The molecule has 0 saturated heterocycles. The van der Waals surface area contributed by atoms with Crippen LogP contribution in [0.15, 0.2) is 28.9 Å². The number of aromatic nitrogens is 1. The number of hydrogen-bond acceptors (Lipinski definition) is 6. The van der Waals surface area contributed by atoms with Gasteiger partial charge in [0.1, 0.15) is 0 Å². The van der Waals surface area contributed by atoms with E-state index in [1.807, 2.05) is 18.2 Å². The summed E-state index contributed by atoms with van der Waals surface area (Å²) in [6.07, 6.45) is 3.41. The van der Waals surface area contributed by atoms with Crippen molar-refractivity contribution in [2.45, 2.75) is 25.7 Å². The van der Waals surface area contributed by atoms with Gasteiger partial charge in [0.05, 0.1) is 13.2 Å². The molecule has 1 heterocycles. The first-order chi connectivity index (χ1) is 12.4. The summed E-state index contributed by atoms with van der Waals surface area (Å²) in [5, 5.41) is 9.35. The van der Waals surface area contributed by atoms with Gasteiger partial charge in [0.15, 0.2) is 5.75 Å². The number of phosphoric ester groups is 1. The van der Waals surface area contributed by atoms with Gasteiger partial charge in [0, 0.05) is 34.5 Å². The van der Waals surface area contributed by atoms with Crippen molar-refractivity contribution in [1.82, 2.24) is 4.98 Å². The monoisotopic (exact) mass is 448 g/mol. The zero-order valence-corrected chi connectivity index (χ0v) is 16.6. The Kier molecular flexibility index (Phi) is 8.12. The van der Waals surface area contributed by atoms with E-state index in [1.165, 1.54) is 0 Å². The number of aliphatic carboxylic acids is 1. The fourth-order valence-electron chi connectivity index (χ4n) is 2.25. The highest BCUT2D eigenvalue weighted by Crippen LogP contribution is 2.51. The van der Waals surface area contributed by atoms with Crippen molar-refractivity contribution in [2.24, 2.45) is 5.73 Å². The molecule has 0 amide bonds. The quantitative estimate of drug-likeness (QED) is 0.330. The second-order valence-corrected chi connectivity index (χ2v) is 8.05. The summed E-state index contributed by atoms with van der Waals surface area (Å²) >= 11 is 3.39. The molecular weight excluding hydrogens is 427 g/mol. The molecule has 1 aromatic heterocycles. The fourth-order valence-corrected chi connectivity index (χ4v) is 3.86. The van der Waals surface area contributed by atoms with Crippen LogP contribution >= 0.6 is 23.8 Å². The molecule has 4 N–H and O–H groups in total. The normalized spacial score (nSPS) is 13.6. The van der Waals surface area contributed by atoms with Crippen molar-refractivity contribution >= 4 is 40.6 Å². The molecule has 0 saturated carbocycles. The number of rotatable bonds is 12. The lowest BCUT2D eigenvalue weighted by Crippen LogP contribution is -2.11. The summed E-state index contributed by atoms with van der Waals surface area (Å²) in [5.74, 6) is -0.482. The molecule has 0 fully saturated rings. The Balaban J connectivity index is 1.99. The summed E-state index contributed by atoms with van der Waals surface area (Å²) in [4.78, 5) is 13.5. The summed E-state index contributed by atoms with van der Waals surface area (Å²) in [6, 6.07) is 5.57. The highest BCUT2D eigenvalue weighted by atomic mass is 79.9. The number of benzene rings is 1. The number of phosphoric acid groups is 1. The molecule has 2 aromatic rings. The number of carboxylic acid groups (broad SMARTS) is 1. The second kappa shape index (κ2) is 10.1. The van der Waals surface area contributed by atoms with Crippen molar-refractivity contribution in [2.75, 3.05) is 19.8 Å². The van der Waals surface area contributed by atoms with E-state index < -0.39 is 13.8 Å². The lowest BCUT2D eigenvalue weighted by atomic mass is 10.2. The maximum atomic E-state index is 12.9. The molecule has 0 aliphatic carbocycles. The van der Waals surface area contributed by atoms with Gasteiger partial charge in [0.25, 0.3) is 0 Å². The second-order valence-electron chi connectivity index (χ2n) is 5.54. The summed E-state index contributed by atoms with van der Waals surface area (Å²) in [5.41, 5.74) is 6.24. The summed E-state index contributed by atoms with van der Waals surface area (Å²) in [6.45, 7) is 0.338. The largest absolute Gasteiger partial charge is 0.530 e. The van der Waals surface area contributed by atoms with E-state index in [4.69, 9.17) is 24.4 Å². The maximum Gasteiger partial charge on any atom is 0.530 e. The number of unbranched alkanes of at least 4 members (excludes halogenated alkanes) is 2. The smallest absolute Gasteiger partial charge is 0.481 e. The first-order valence-electron chi connectivity index (χ1n) is 8.21. The fraction of sp³-hybridized carbons (Fsp3) is 0.438. The predicted molar refractivity (Wildman–Crippen MR) is 101 cm³/mol. The van der Waals surface area contributed by atoms with E-state index in [2.05, 4.69) is 20.9 Å². The number of nitrogens with two attached hydrogens (primary N) is 1. The third kappa shape index (κ3) is 6.41. The number of carboxylic acids is 1. The molecule has 144 valence electrons. The van der Waals surface area contributed by atoms with Crippen molar-refractivity contribution in [3.05, 3.63) is 28.9 Å². The van der Waals surface area contributed by atoms with Crippen LogP contribution in [0.25, 0.3) is 10.9 Å². The number of hydrogen-bond donors (Lipinski definition) is 3. The van der Waals surface area contributed by atoms with Crippen LogP contribution in [0.5, 0.6) is 5.75 Å².